The van der Waals surface area contributed by atoms with Crippen LogP contribution in [-0.4, -0.2) is 29.9 Å². The molecule has 2 heteroatoms. The first kappa shape index (κ1) is 10.5. The minimum atomic E-state index is 0.844. The average Bonchev–Trinajstić information content (AvgIpc) is 2.05. The smallest absolute Gasteiger partial charge is 0.0159 e. The van der Waals surface area contributed by atoms with Crippen molar-refractivity contribution in [3.8, 4) is 0 Å². The van der Waals surface area contributed by atoms with Gasteiger partial charge in [0.05, 0.1) is 0 Å². The minimum Gasteiger partial charge on any atom is -0.302 e. The van der Waals surface area contributed by atoms with E-state index in [0.29, 0.717) is 0 Å². The molecule has 1 rings (SSSR count). The summed E-state index contributed by atoms with van der Waals surface area (Å²) in [4.78, 5) is 2.51. The highest BCUT2D eigenvalue weighted by atomic mass is 79.9. The third-order valence-electron chi connectivity index (χ3n) is 3.07. The van der Waals surface area contributed by atoms with Crippen LogP contribution in [0.25, 0.3) is 0 Å². The fourth-order valence-corrected chi connectivity index (χ4v) is 2.81. The second kappa shape index (κ2) is 5.23. The summed E-state index contributed by atoms with van der Waals surface area (Å²) in [6, 6.07) is 0.844. The second-order valence-corrected chi connectivity index (χ2v) is 4.79. The van der Waals surface area contributed by atoms with Gasteiger partial charge in [0, 0.05) is 17.9 Å². The maximum Gasteiger partial charge on any atom is 0.0159 e. The zero-order valence-electron chi connectivity index (χ0n) is 8.22. The van der Waals surface area contributed by atoms with Gasteiger partial charge >= 0.3 is 0 Å². The van der Waals surface area contributed by atoms with E-state index < -0.39 is 0 Å². The molecular weight excluding hydrogens is 214 g/mol. The first-order valence-corrected chi connectivity index (χ1v) is 6.14. The van der Waals surface area contributed by atoms with E-state index in [0.717, 1.165) is 17.3 Å². The molecule has 1 nitrogen and oxygen atoms in total. The Hall–Kier alpha value is 0.440. The molecule has 0 N–H and O–H groups in total. The molecule has 0 heterocycles. The van der Waals surface area contributed by atoms with Gasteiger partial charge in [-0.15, -0.1) is 0 Å². The van der Waals surface area contributed by atoms with Crippen LogP contribution < -0.4 is 0 Å². The molecule has 2 unspecified atom stereocenters. The lowest BCUT2D eigenvalue weighted by Crippen LogP contribution is -2.39. The van der Waals surface area contributed by atoms with Crippen LogP contribution in [0.4, 0.5) is 0 Å². The molecule has 0 radical (unpaired) electrons. The van der Waals surface area contributed by atoms with Crippen molar-refractivity contribution in [3.63, 3.8) is 0 Å². The Kier molecular flexibility index (Phi) is 4.59. The van der Waals surface area contributed by atoms with Crippen LogP contribution in [0, 0.1) is 5.92 Å². The summed E-state index contributed by atoms with van der Waals surface area (Å²) in [6.07, 6.45) is 5.71. The van der Waals surface area contributed by atoms with Crippen LogP contribution in [-0.2, 0) is 0 Å². The van der Waals surface area contributed by atoms with Crippen molar-refractivity contribution in [2.24, 2.45) is 5.92 Å². The Morgan fingerprint density at radius 1 is 1.33 bits per heavy atom. The highest BCUT2D eigenvalue weighted by molar-refractivity contribution is 9.09. The van der Waals surface area contributed by atoms with Gasteiger partial charge in [-0.25, -0.2) is 0 Å². The first-order chi connectivity index (χ1) is 5.75. The Morgan fingerprint density at radius 3 is 2.58 bits per heavy atom. The van der Waals surface area contributed by atoms with Gasteiger partial charge in [-0.2, -0.15) is 0 Å². The number of hydrogen-bond donors (Lipinski definition) is 0. The normalized spacial score (nSPS) is 31.0. The van der Waals surface area contributed by atoms with Gasteiger partial charge in [-0.3, -0.25) is 0 Å². The monoisotopic (exact) mass is 233 g/mol. The maximum atomic E-state index is 3.49. The number of alkyl halides is 1. The second-order valence-electron chi connectivity index (χ2n) is 4.00. The van der Waals surface area contributed by atoms with Crippen molar-refractivity contribution in [2.45, 2.75) is 38.6 Å². The Morgan fingerprint density at radius 2 is 2.00 bits per heavy atom. The summed E-state index contributed by atoms with van der Waals surface area (Å²) in [5, 5.41) is 1.10. The van der Waals surface area contributed by atoms with E-state index in [-0.39, 0.29) is 0 Å². The van der Waals surface area contributed by atoms with E-state index in [9.17, 15) is 0 Å². The lowest BCUT2D eigenvalue weighted by Gasteiger charge is -2.35. The van der Waals surface area contributed by atoms with Crippen LogP contribution in [0.15, 0.2) is 0 Å². The maximum absolute atomic E-state index is 3.49. The van der Waals surface area contributed by atoms with Gasteiger partial charge < -0.3 is 4.90 Å². The van der Waals surface area contributed by atoms with Crippen molar-refractivity contribution < 1.29 is 0 Å². The van der Waals surface area contributed by atoms with Crippen molar-refractivity contribution in [1.82, 2.24) is 4.90 Å². The first-order valence-electron chi connectivity index (χ1n) is 5.02. The van der Waals surface area contributed by atoms with Gasteiger partial charge in [0.2, 0.25) is 0 Å². The van der Waals surface area contributed by atoms with Gasteiger partial charge in [0.15, 0.2) is 0 Å². The fraction of sp³-hybridized carbons (Fsp3) is 1.00. The molecule has 0 aromatic rings. The summed E-state index contributed by atoms with van der Waals surface area (Å²) in [7, 11) is 2.26. The largest absolute Gasteiger partial charge is 0.302 e. The minimum absolute atomic E-state index is 0.844. The SMILES string of the molecule is CC1CCCCC1N(C)CCBr. The molecule has 2 atom stereocenters. The average molecular weight is 234 g/mol. The van der Waals surface area contributed by atoms with Gasteiger partial charge in [0.1, 0.15) is 0 Å². The molecule has 0 bridgehead atoms. The van der Waals surface area contributed by atoms with Crippen LogP contribution >= 0.6 is 15.9 Å². The van der Waals surface area contributed by atoms with E-state index in [1.54, 1.807) is 0 Å². The van der Waals surface area contributed by atoms with Gasteiger partial charge in [-0.1, -0.05) is 35.7 Å². The lowest BCUT2D eigenvalue weighted by atomic mass is 9.85. The predicted octanol–water partition coefficient (Wildman–Crippen LogP) is 2.89. The highest BCUT2D eigenvalue weighted by Gasteiger charge is 2.23. The topological polar surface area (TPSA) is 3.24 Å². The molecule has 0 aromatic carbocycles. The van der Waals surface area contributed by atoms with E-state index in [2.05, 4.69) is 34.8 Å². The van der Waals surface area contributed by atoms with Gasteiger partial charge in [-0.05, 0) is 25.8 Å². The zero-order chi connectivity index (χ0) is 8.97. The van der Waals surface area contributed by atoms with Crippen molar-refractivity contribution >= 4 is 15.9 Å². The summed E-state index contributed by atoms with van der Waals surface area (Å²) < 4.78 is 0. The van der Waals surface area contributed by atoms with Gasteiger partial charge in [0.25, 0.3) is 0 Å². The predicted molar refractivity (Wildman–Crippen MR) is 57.8 cm³/mol. The standard InChI is InChI=1S/C10H20BrN/c1-9-5-3-4-6-10(9)12(2)8-7-11/h9-10H,3-8H2,1-2H3. The van der Waals surface area contributed by atoms with Crippen LogP contribution in [0.2, 0.25) is 0 Å². The summed E-state index contributed by atoms with van der Waals surface area (Å²) in [5.41, 5.74) is 0. The molecule has 0 saturated heterocycles. The van der Waals surface area contributed by atoms with Crippen molar-refractivity contribution in [3.05, 3.63) is 0 Å². The fourth-order valence-electron chi connectivity index (χ4n) is 2.25. The number of nitrogens with zero attached hydrogens (tertiary/aromatic N) is 1. The molecule has 1 saturated carbocycles. The third-order valence-corrected chi connectivity index (χ3v) is 3.42. The number of hydrogen-bond acceptors (Lipinski definition) is 1. The van der Waals surface area contributed by atoms with Crippen LogP contribution in [0.1, 0.15) is 32.6 Å². The molecule has 0 aromatic heterocycles. The van der Waals surface area contributed by atoms with Crippen molar-refractivity contribution in [2.75, 3.05) is 18.9 Å². The van der Waals surface area contributed by atoms with Crippen LogP contribution in [0.5, 0.6) is 0 Å². The zero-order valence-corrected chi connectivity index (χ0v) is 9.81. The summed E-state index contributed by atoms with van der Waals surface area (Å²) >= 11 is 3.49. The molecule has 72 valence electrons. The third kappa shape index (κ3) is 2.74. The van der Waals surface area contributed by atoms with E-state index in [1.165, 1.54) is 32.2 Å². The van der Waals surface area contributed by atoms with E-state index >= 15 is 0 Å². The summed E-state index contributed by atoms with van der Waals surface area (Å²) in [6.45, 7) is 3.59. The highest BCUT2D eigenvalue weighted by Crippen LogP contribution is 2.27. The number of halogens is 1. The molecule has 1 fully saturated rings. The molecule has 0 aliphatic heterocycles. The molecule has 1 aliphatic rings. The Balaban J connectivity index is 2.36. The quantitative estimate of drug-likeness (QED) is 0.679. The van der Waals surface area contributed by atoms with Crippen molar-refractivity contribution in [1.29, 1.82) is 0 Å². The Labute approximate surface area is 84.6 Å². The molecule has 12 heavy (non-hydrogen) atoms. The molecule has 0 spiro atoms. The lowest BCUT2D eigenvalue weighted by molar-refractivity contribution is 0.147. The molecule has 1 aliphatic carbocycles. The molecular formula is C10H20BrN. The van der Waals surface area contributed by atoms with E-state index in [4.69, 9.17) is 0 Å². The number of rotatable bonds is 3. The van der Waals surface area contributed by atoms with Crippen LogP contribution in [0.3, 0.4) is 0 Å². The Bertz CT molecular complexity index is 127. The summed E-state index contributed by atoms with van der Waals surface area (Å²) in [5.74, 6) is 0.905. The molecule has 0 amide bonds. The van der Waals surface area contributed by atoms with E-state index in [1.807, 2.05) is 0 Å².